The van der Waals surface area contributed by atoms with E-state index in [1.165, 1.54) is 0 Å². The largest absolute Gasteiger partial charge is 0.309 e. The number of nitrogens with zero attached hydrogens (tertiary/aromatic N) is 10. The second kappa shape index (κ2) is 28.1. The monoisotopic (exact) mass is 1470 g/mol. The van der Waals surface area contributed by atoms with Crippen molar-refractivity contribution in [1.29, 1.82) is 5.26 Å². The number of rotatable bonds is 16. The second-order valence-corrected chi connectivity index (χ2v) is 29.1. The van der Waals surface area contributed by atoms with Gasteiger partial charge >= 0.3 is 0 Å². The standard InChI is InChI=1S/C105H68N10/c106-69-72-34-16-17-45-79(72)98-107-99(85-51-18-26-54-89(85)104(73-35-6-1-7-36-73,74-37-8-2-9-38-74)75-39-10-3-11-40-75)110-102(109-98)115-95-60-32-24-50-84(95)88-68-71(64-67-97(88)115)70-62-65-78(66-63-70)105(76-41-12-4-13-42-76,77-43-14-5-15-44-77)90-55-27-19-52-86(90)100-108-101(112-103(111-100)114-93-58-30-22-48-82(93)83-49-23-31-59-94(83)114)87-53-25-33-61-96(87)113-91-56-28-20-46-80(91)81-47-21-29-57-92(81)113/h1-68H. The number of hydrogen-bond donors (Lipinski definition) is 0. The smallest absolute Gasteiger partial charge is 0.238 e. The average Bonchev–Trinajstić information content (AvgIpc) is 1.21. The zero-order valence-corrected chi connectivity index (χ0v) is 62.2. The molecule has 10 heteroatoms. The molecule has 0 unspecified atom stereocenters. The Bertz CT molecular complexity index is 7110. The molecule has 21 rings (SSSR count). The lowest BCUT2D eigenvalue weighted by molar-refractivity contribution is 0.745. The van der Waals surface area contributed by atoms with Crippen molar-refractivity contribution >= 4 is 65.4 Å². The number of para-hydroxylation sites is 6. The Hall–Kier alpha value is -15.6. The van der Waals surface area contributed by atoms with Gasteiger partial charge in [-0.05, 0) is 122 Å². The van der Waals surface area contributed by atoms with Gasteiger partial charge in [0.15, 0.2) is 23.3 Å². The summed E-state index contributed by atoms with van der Waals surface area (Å²) in [6, 6.07) is 148. The molecule has 0 aliphatic heterocycles. The Morgan fingerprint density at radius 3 is 0.913 bits per heavy atom. The minimum absolute atomic E-state index is 0.378. The third kappa shape index (κ3) is 11.0. The average molecular weight is 1470 g/mol. The van der Waals surface area contributed by atoms with Crippen molar-refractivity contribution in [3.8, 4) is 80.3 Å². The Balaban J connectivity index is 0.740. The van der Waals surface area contributed by atoms with Crippen LogP contribution in [0.25, 0.3) is 140 Å². The summed E-state index contributed by atoms with van der Waals surface area (Å²) in [7, 11) is 0. The molecule has 0 atom stereocenters. The van der Waals surface area contributed by atoms with Crippen LogP contribution in [0.4, 0.5) is 0 Å². The van der Waals surface area contributed by atoms with Gasteiger partial charge in [0.1, 0.15) is 0 Å². The molecule has 0 aliphatic carbocycles. The van der Waals surface area contributed by atoms with E-state index in [0.717, 1.165) is 143 Å². The first-order chi connectivity index (χ1) is 57.0. The first-order valence-electron chi connectivity index (χ1n) is 38.7. The SMILES string of the molecule is N#Cc1ccccc1-c1nc(-c2ccccc2C(c2ccccc2)(c2ccccc2)c2ccccc2)nc(-n2c3ccccc3c3cc(-c4ccc(C(c5ccccc5)(c5ccccc5)c5ccccc5-c5nc(-c6ccccc6-n6c7ccccc7c7ccccc76)nc(-n6c7ccccc7c7ccccc76)n5)cc4)ccc32)n1. The van der Waals surface area contributed by atoms with Crippen LogP contribution in [0.3, 0.4) is 0 Å². The van der Waals surface area contributed by atoms with Gasteiger partial charge in [-0.2, -0.15) is 25.2 Å². The Morgan fingerprint density at radius 2 is 0.504 bits per heavy atom. The van der Waals surface area contributed by atoms with E-state index in [1.807, 2.05) is 24.3 Å². The van der Waals surface area contributed by atoms with Gasteiger partial charge < -0.3 is 4.57 Å². The van der Waals surface area contributed by atoms with Gasteiger partial charge in [-0.25, -0.2) is 9.97 Å². The quantitative estimate of drug-likeness (QED) is 0.0885. The molecule has 0 radical (unpaired) electrons. The molecule has 5 aromatic heterocycles. The van der Waals surface area contributed by atoms with Crippen LogP contribution in [0.15, 0.2) is 413 Å². The molecule has 0 saturated carbocycles. The predicted octanol–water partition coefficient (Wildman–Crippen LogP) is 24.3. The van der Waals surface area contributed by atoms with Crippen molar-refractivity contribution < 1.29 is 0 Å². The topological polar surface area (TPSA) is 116 Å². The maximum Gasteiger partial charge on any atom is 0.238 e. The number of hydrogen-bond acceptors (Lipinski definition) is 7. The van der Waals surface area contributed by atoms with Crippen LogP contribution in [0, 0.1) is 11.3 Å². The zero-order chi connectivity index (χ0) is 76.4. The molecule has 115 heavy (non-hydrogen) atoms. The lowest BCUT2D eigenvalue weighted by Crippen LogP contribution is -2.32. The summed E-state index contributed by atoms with van der Waals surface area (Å²) in [5.41, 5.74) is 19.1. The minimum atomic E-state index is -0.960. The fraction of sp³-hybridized carbons (Fsp3) is 0.0190. The first-order valence-corrected chi connectivity index (χ1v) is 38.7. The van der Waals surface area contributed by atoms with E-state index in [4.69, 9.17) is 29.9 Å². The molecule has 0 saturated heterocycles. The first kappa shape index (κ1) is 67.5. The summed E-state index contributed by atoms with van der Waals surface area (Å²) in [6.45, 7) is 0. The number of fused-ring (bicyclic) bond motifs is 9. The van der Waals surface area contributed by atoms with Gasteiger partial charge in [0, 0.05) is 54.6 Å². The lowest BCUT2D eigenvalue weighted by Gasteiger charge is -2.38. The summed E-state index contributed by atoms with van der Waals surface area (Å²) in [4.78, 5) is 33.6. The number of nitriles is 1. The van der Waals surface area contributed by atoms with E-state index in [-0.39, 0.29) is 0 Å². The normalized spacial score (nSPS) is 11.8. The summed E-state index contributed by atoms with van der Waals surface area (Å²) in [5, 5.41) is 17.4. The van der Waals surface area contributed by atoms with Crippen molar-refractivity contribution in [2.45, 2.75) is 10.8 Å². The van der Waals surface area contributed by atoms with Gasteiger partial charge in [-0.3, -0.25) is 9.13 Å². The van der Waals surface area contributed by atoms with Crippen LogP contribution in [-0.4, -0.2) is 43.6 Å². The molecule has 16 aromatic carbocycles. The zero-order valence-electron chi connectivity index (χ0n) is 62.2. The van der Waals surface area contributed by atoms with Gasteiger partial charge in [0.2, 0.25) is 11.9 Å². The summed E-state index contributed by atoms with van der Waals surface area (Å²) >= 11 is 0. The maximum atomic E-state index is 10.8. The van der Waals surface area contributed by atoms with Gasteiger partial charge in [0.25, 0.3) is 0 Å². The van der Waals surface area contributed by atoms with Crippen molar-refractivity contribution in [3.05, 3.63) is 463 Å². The van der Waals surface area contributed by atoms with E-state index in [0.29, 0.717) is 46.3 Å². The van der Waals surface area contributed by atoms with Gasteiger partial charge in [-0.1, -0.05) is 346 Å². The summed E-state index contributed by atoms with van der Waals surface area (Å²) in [6.07, 6.45) is 0. The molecule has 0 fully saturated rings. The maximum absolute atomic E-state index is 10.8. The molecule has 0 aliphatic rings. The molecule has 0 bridgehead atoms. The molecule has 5 heterocycles. The Morgan fingerprint density at radius 1 is 0.217 bits per heavy atom. The Labute approximate surface area is 663 Å². The van der Waals surface area contributed by atoms with Gasteiger partial charge in [0.05, 0.1) is 61.3 Å². The molecular weight excluding hydrogens is 1400 g/mol. The van der Waals surface area contributed by atoms with Crippen molar-refractivity contribution in [2.24, 2.45) is 0 Å². The predicted molar refractivity (Wildman–Crippen MR) is 465 cm³/mol. The highest BCUT2D eigenvalue weighted by Gasteiger charge is 2.43. The highest BCUT2D eigenvalue weighted by Crippen LogP contribution is 2.52. The van der Waals surface area contributed by atoms with Crippen LogP contribution in [0.5, 0.6) is 0 Å². The molecular formula is C105H68N10. The number of benzene rings is 16. The van der Waals surface area contributed by atoms with Crippen LogP contribution in [0.1, 0.15) is 50.1 Å². The molecule has 0 N–H and O–H groups in total. The van der Waals surface area contributed by atoms with Crippen LogP contribution >= 0.6 is 0 Å². The van der Waals surface area contributed by atoms with Crippen molar-refractivity contribution in [3.63, 3.8) is 0 Å². The minimum Gasteiger partial charge on any atom is -0.309 e. The van der Waals surface area contributed by atoms with E-state index in [1.54, 1.807) is 0 Å². The third-order valence-corrected chi connectivity index (χ3v) is 23.0. The fourth-order valence-electron chi connectivity index (χ4n) is 18.0. The Kier molecular flexibility index (Phi) is 16.5. The molecule has 538 valence electrons. The van der Waals surface area contributed by atoms with Crippen molar-refractivity contribution in [1.82, 2.24) is 43.6 Å². The van der Waals surface area contributed by atoms with E-state index in [2.05, 4.69) is 408 Å². The molecule has 0 amide bonds. The van der Waals surface area contributed by atoms with Crippen LogP contribution in [-0.2, 0) is 10.8 Å². The van der Waals surface area contributed by atoms with Crippen LogP contribution < -0.4 is 0 Å². The second-order valence-electron chi connectivity index (χ2n) is 29.1. The van der Waals surface area contributed by atoms with E-state index < -0.39 is 10.8 Å². The van der Waals surface area contributed by atoms with E-state index in [9.17, 15) is 5.26 Å². The molecule has 0 spiro atoms. The number of aromatic nitrogens is 9. The van der Waals surface area contributed by atoms with E-state index >= 15 is 0 Å². The highest BCUT2D eigenvalue weighted by atomic mass is 15.2. The third-order valence-electron chi connectivity index (χ3n) is 23.0. The summed E-state index contributed by atoms with van der Waals surface area (Å²) in [5.74, 6) is 2.80. The lowest BCUT2D eigenvalue weighted by atomic mass is 9.64. The highest BCUT2D eigenvalue weighted by molar-refractivity contribution is 6.12. The molecule has 21 aromatic rings. The van der Waals surface area contributed by atoms with Crippen LogP contribution in [0.2, 0.25) is 0 Å². The van der Waals surface area contributed by atoms with Gasteiger partial charge in [-0.15, -0.1) is 0 Å². The van der Waals surface area contributed by atoms with Crippen molar-refractivity contribution in [2.75, 3.05) is 0 Å². The molecule has 10 nitrogen and oxygen atoms in total. The summed E-state index contributed by atoms with van der Waals surface area (Å²) < 4.78 is 6.71. The fourth-order valence-corrected chi connectivity index (χ4v) is 18.0.